The van der Waals surface area contributed by atoms with Crippen LogP contribution in [0.4, 0.5) is 0 Å². The van der Waals surface area contributed by atoms with Gasteiger partial charge in [-0.25, -0.2) is 8.42 Å². The second kappa shape index (κ2) is 6.48. The lowest BCUT2D eigenvalue weighted by atomic mass is 9.78. The lowest BCUT2D eigenvalue weighted by molar-refractivity contribution is 0.260. The summed E-state index contributed by atoms with van der Waals surface area (Å²) in [7, 11) is -3.39. The molecule has 0 bridgehead atoms. The number of rotatable bonds is 2. The molecule has 1 aromatic rings. The molecule has 1 aromatic carbocycles. The quantitative estimate of drug-likeness (QED) is 0.896. The van der Waals surface area contributed by atoms with Crippen molar-refractivity contribution in [2.45, 2.75) is 44.0 Å². The van der Waals surface area contributed by atoms with Gasteiger partial charge in [-0.05, 0) is 50.2 Å². The molecule has 0 aromatic heterocycles. The number of benzene rings is 1. The van der Waals surface area contributed by atoms with Gasteiger partial charge in [0.2, 0.25) is 10.0 Å². The zero-order valence-electron chi connectivity index (χ0n) is 13.2. The smallest absolute Gasteiger partial charge is 0.243 e. The topological polar surface area (TPSA) is 63.4 Å². The van der Waals surface area contributed by atoms with E-state index < -0.39 is 10.0 Å². The molecule has 1 saturated heterocycles. The van der Waals surface area contributed by atoms with Crippen LogP contribution in [0.1, 0.15) is 30.4 Å². The molecule has 22 heavy (non-hydrogen) atoms. The predicted octanol–water partition coefficient (Wildman–Crippen LogP) is 2.47. The Balaban J connectivity index is 0.00000176. The molecule has 2 aliphatic rings. The van der Waals surface area contributed by atoms with Crippen LogP contribution in [-0.2, 0) is 10.0 Å². The summed E-state index contributed by atoms with van der Waals surface area (Å²) in [5.41, 5.74) is 8.11. The van der Waals surface area contributed by atoms with Gasteiger partial charge in [-0.15, -0.1) is 12.4 Å². The second-order valence-electron chi connectivity index (χ2n) is 6.61. The number of halogens is 1. The van der Waals surface area contributed by atoms with Crippen LogP contribution >= 0.6 is 12.4 Å². The number of sulfonamides is 1. The molecule has 2 N–H and O–H groups in total. The van der Waals surface area contributed by atoms with Crippen molar-refractivity contribution < 1.29 is 8.42 Å². The molecule has 1 aliphatic heterocycles. The highest BCUT2D eigenvalue weighted by atomic mass is 35.5. The van der Waals surface area contributed by atoms with Gasteiger partial charge in [0.05, 0.1) is 4.90 Å². The molecule has 0 radical (unpaired) electrons. The average Bonchev–Trinajstić information content (AvgIpc) is 2.84. The van der Waals surface area contributed by atoms with Gasteiger partial charge in [-0.2, -0.15) is 4.31 Å². The lowest BCUT2D eigenvalue weighted by Crippen LogP contribution is -2.38. The van der Waals surface area contributed by atoms with Gasteiger partial charge in [0.25, 0.3) is 0 Å². The molecule has 3 rings (SSSR count). The first kappa shape index (κ1) is 17.7. The summed E-state index contributed by atoms with van der Waals surface area (Å²) in [6, 6.07) is 5.70. The highest BCUT2D eigenvalue weighted by Gasteiger charge is 2.43. The molecular formula is C16H25ClN2O2S. The van der Waals surface area contributed by atoms with E-state index >= 15 is 0 Å². The summed E-state index contributed by atoms with van der Waals surface area (Å²) in [6.45, 7) is 5.07. The lowest BCUT2D eigenvalue weighted by Gasteiger charge is -2.29. The molecule has 6 heteroatoms. The molecule has 0 spiro atoms. The van der Waals surface area contributed by atoms with Crippen molar-refractivity contribution in [3.63, 3.8) is 0 Å². The Morgan fingerprint density at radius 2 is 1.91 bits per heavy atom. The van der Waals surface area contributed by atoms with E-state index in [1.165, 1.54) is 0 Å². The van der Waals surface area contributed by atoms with Crippen LogP contribution in [0.15, 0.2) is 23.1 Å². The third-order valence-electron chi connectivity index (χ3n) is 5.07. The molecule has 3 unspecified atom stereocenters. The number of fused-ring (bicyclic) bond motifs is 1. The zero-order chi connectivity index (χ0) is 15.2. The molecule has 4 nitrogen and oxygen atoms in total. The summed E-state index contributed by atoms with van der Waals surface area (Å²) in [6.07, 6.45) is 3.26. The number of hydrogen-bond acceptors (Lipinski definition) is 3. The van der Waals surface area contributed by atoms with Crippen LogP contribution in [0.25, 0.3) is 0 Å². The zero-order valence-corrected chi connectivity index (χ0v) is 14.8. The van der Waals surface area contributed by atoms with E-state index in [-0.39, 0.29) is 18.4 Å². The van der Waals surface area contributed by atoms with Gasteiger partial charge in [0.15, 0.2) is 0 Å². The number of aryl methyl sites for hydroxylation is 2. The average molecular weight is 345 g/mol. The minimum absolute atomic E-state index is 0. The molecular weight excluding hydrogens is 320 g/mol. The Hall–Kier alpha value is -0.620. The predicted molar refractivity (Wildman–Crippen MR) is 90.7 cm³/mol. The van der Waals surface area contributed by atoms with E-state index in [0.717, 1.165) is 30.4 Å². The first-order chi connectivity index (χ1) is 9.89. The highest BCUT2D eigenvalue weighted by molar-refractivity contribution is 7.89. The van der Waals surface area contributed by atoms with Gasteiger partial charge in [-0.1, -0.05) is 24.1 Å². The molecule has 124 valence electrons. The third-order valence-corrected chi connectivity index (χ3v) is 7.06. The Morgan fingerprint density at radius 3 is 2.55 bits per heavy atom. The van der Waals surface area contributed by atoms with E-state index in [9.17, 15) is 8.42 Å². The van der Waals surface area contributed by atoms with E-state index in [1.54, 1.807) is 10.4 Å². The molecule has 1 saturated carbocycles. The van der Waals surface area contributed by atoms with Crippen LogP contribution in [0.3, 0.4) is 0 Å². The molecule has 2 fully saturated rings. The van der Waals surface area contributed by atoms with E-state index in [2.05, 4.69) is 0 Å². The van der Waals surface area contributed by atoms with E-state index in [0.29, 0.717) is 29.8 Å². The Bertz CT molecular complexity index is 648. The van der Waals surface area contributed by atoms with Crippen molar-refractivity contribution in [1.29, 1.82) is 0 Å². The van der Waals surface area contributed by atoms with Gasteiger partial charge in [0.1, 0.15) is 0 Å². The minimum atomic E-state index is -3.39. The van der Waals surface area contributed by atoms with Gasteiger partial charge >= 0.3 is 0 Å². The highest BCUT2D eigenvalue weighted by Crippen LogP contribution is 2.38. The Morgan fingerprint density at radius 1 is 1.18 bits per heavy atom. The van der Waals surface area contributed by atoms with Crippen LogP contribution in [0, 0.1) is 25.7 Å². The fourth-order valence-electron chi connectivity index (χ4n) is 3.90. The van der Waals surface area contributed by atoms with Gasteiger partial charge in [-0.3, -0.25) is 0 Å². The maximum absolute atomic E-state index is 12.9. The first-order valence-electron chi connectivity index (χ1n) is 7.72. The van der Waals surface area contributed by atoms with Crippen molar-refractivity contribution in [3.05, 3.63) is 29.3 Å². The van der Waals surface area contributed by atoms with Crippen LogP contribution < -0.4 is 5.73 Å². The van der Waals surface area contributed by atoms with Crippen LogP contribution in [0.2, 0.25) is 0 Å². The maximum atomic E-state index is 12.9. The SMILES string of the molecule is Cc1ccc(S(=O)(=O)N2CC3CCCC(N)C3C2)c(C)c1.Cl. The number of hydrogen-bond donors (Lipinski definition) is 1. The fourth-order valence-corrected chi connectivity index (χ4v) is 5.64. The normalized spacial score (nSPS) is 29.0. The van der Waals surface area contributed by atoms with Crippen molar-refractivity contribution in [2.24, 2.45) is 17.6 Å². The van der Waals surface area contributed by atoms with Crippen LogP contribution in [-0.4, -0.2) is 31.9 Å². The first-order valence-corrected chi connectivity index (χ1v) is 9.16. The summed E-state index contributed by atoms with van der Waals surface area (Å²) >= 11 is 0. The van der Waals surface area contributed by atoms with Crippen molar-refractivity contribution in [2.75, 3.05) is 13.1 Å². The Kier molecular flexibility index (Phi) is 5.22. The number of nitrogens with zero attached hydrogens (tertiary/aromatic N) is 1. The summed E-state index contributed by atoms with van der Waals surface area (Å²) in [4.78, 5) is 0.445. The van der Waals surface area contributed by atoms with Crippen molar-refractivity contribution in [3.8, 4) is 0 Å². The maximum Gasteiger partial charge on any atom is 0.243 e. The third kappa shape index (κ3) is 3.04. The monoisotopic (exact) mass is 344 g/mol. The molecule has 1 heterocycles. The van der Waals surface area contributed by atoms with Crippen molar-refractivity contribution >= 4 is 22.4 Å². The molecule has 3 atom stereocenters. The van der Waals surface area contributed by atoms with Crippen LogP contribution in [0.5, 0.6) is 0 Å². The van der Waals surface area contributed by atoms with Crippen molar-refractivity contribution in [1.82, 2.24) is 4.31 Å². The summed E-state index contributed by atoms with van der Waals surface area (Å²) in [5, 5.41) is 0. The molecule has 1 aliphatic carbocycles. The van der Waals surface area contributed by atoms with E-state index in [1.807, 2.05) is 26.0 Å². The standard InChI is InChI=1S/C16H24N2O2S.ClH/c1-11-6-7-16(12(2)8-11)21(19,20)18-9-13-4-3-5-15(17)14(13)10-18;/h6-8,13-15H,3-5,9-10,17H2,1-2H3;1H. The summed E-state index contributed by atoms with van der Waals surface area (Å²) in [5.74, 6) is 0.772. The fraction of sp³-hybridized carbons (Fsp3) is 0.625. The second-order valence-corrected chi connectivity index (χ2v) is 8.52. The Labute approximate surface area is 139 Å². The number of nitrogens with two attached hydrogens (primary N) is 1. The molecule has 0 amide bonds. The summed E-state index contributed by atoms with van der Waals surface area (Å²) < 4.78 is 27.5. The minimum Gasteiger partial charge on any atom is -0.327 e. The van der Waals surface area contributed by atoms with Gasteiger partial charge < -0.3 is 5.73 Å². The van der Waals surface area contributed by atoms with Gasteiger partial charge in [0, 0.05) is 19.1 Å². The largest absolute Gasteiger partial charge is 0.327 e. The van der Waals surface area contributed by atoms with E-state index in [4.69, 9.17) is 5.73 Å².